The van der Waals surface area contributed by atoms with Crippen LogP contribution in [0, 0.1) is 5.92 Å². The van der Waals surface area contributed by atoms with Crippen molar-refractivity contribution in [1.82, 2.24) is 19.9 Å². The lowest BCUT2D eigenvalue weighted by molar-refractivity contribution is -0.137. The van der Waals surface area contributed by atoms with Gasteiger partial charge in [0.05, 0.1) is 18.8 Å². The first-order valence-electron chi connectivity index (χ1n) is 12.7. The second-order valence-corrected chi connectivity index (χ2v) is 9.79. The van der Waals surface area contributed by atoms with Crippen molar-refractivity contribution in [2.24, 2.45) is 5.92 Å². The van der Waals surface area contributed by atoms with E-state index in [9.17, 15) is 4.79 Å². The molecule has 1 saturated heterocycles. The van der Waals surface area contributed by atoms with Gasteiger partial charge in [0.2, 0.25) is 5.91 Å². The number of hydrogen-bond acceptors (Lipinski definition) is 8. The predicted molar refractivity (Wildman–Crippen MR) is 140 cm³/mol. The number of rotatable bonds is 7. The molecule has 1 aliphatic carbocycles. The van der Waals surface area contributed by atoms with Gasteiger partial charge in [0.1, 0.15) is 24.1 Å². The number of anilines is 3. The molecule has 1 saturated carbocycles. The highest BCUT2D eigenvalue weighted by Crippen LogP contribution is 2.35. The SMILES string of the molecule is COc1cc(Nc2ncnc3cnc(N(C)C)cc23)ccc1OC1CCN(C(=O)C2CCCC2)CC1. The molecule has 9 heteroatoms. The Morgan fingerprint density at radius 2 is 1.81 bits per heavy atom. The van der Waals surface area contributed by atoms with Crippen LogP contribution in [0.2, 0.25) is 0 Å². The van der Waals surface area contributed by atoms with Crippen molar-refractivity contribution in [2.75, 3.05) is 44.5 Å². The number of nitrogens with zero attached hydrogens (tertiary/aromatic N) is 5. The maximum absolute atomic E-state index is 12.7. The molecule has 0 radical (unpaired) electrons. The minimum Gasteiger partial charge on any atom is -0.493 e. The third-order valence-corrected chi connectivity index (χ3v) is 7.14. The number of carbonyl (C=O) groups excluding carboxylic acids is 1. The van der Waals surface area contributed by atoms with E-state index in [2.05, 4.69) is 20.3 Å². The molecule has 0 atom stereocenters. The fraction of sp³-hybridized carbons (Fsp3) is 0.481. The van der Waals surface area contributed by atoms with E-state index in [0.29, 0.717) is 23.2 Å². The van der Waals surface area contributed by atoms with Crippen molar-refractivity contribution in [3.05, 3.63) is 36.8 Å². The molecule has 0 spiro atoms. The number of fused-ring (bicyclic) bond motifs is 1. The molecule has 0 unspecified atom stereocenters. The molecule has 1 amide bonds. The van der Waals surface area contributed by atoms with Crippen LogP contribution in [0.5, 0.6) is 11.5 Å². The number of amides is 1. The van der Waals surface area contributed by atoms with E-state index in [0.717, 1.165) is 61.2 Å². The molecular weight excluding hydrogens is 456 g/mol. The Kier molecular flexibility index (Phi) is 7.06. The largest absolute Gasteiger partial charge is 0.493 e. The number of methoxy groups -OCH3 is 1. The average molecular weight is 491 g/mol. The van der Waals surface area contributed by atoms with Crippen LogP contribution in [-0.4, -0.2) is 66.2 Å². The van der Waals surface area contributed by atoms with Gasteiger partial charge < -0.3 is 24.6 Å². The van der Waals surface area contributed by atoms with E-state index in [1.807, 2.05) is 48.2 Å². The molecule has 36 heavy (non-hydrogen) atoms. The number of aromatic nitrogens is 3. The average Bonchev–Trinajstić information content (AvgIpc) is 3.44. The lowest BCUT2D eigenvalue weighted by Crippen LogP contribution is -2.44. The van der Waals surface area contributed by atoms with Gasteiger partial charge in [0.15, 0.2) is 11.5 Å². The topological polar surface area (TPSA) is 92.7 Å². The Balaban J connectivity index is 1.26. The van der Waals surface area contributed by atoms with Crippen molar-refractivity contribution in [3.63, 3.8) is 0 Å². The maximum Gasteiger partial charge on any atom is 0.225 e. The summed E-state index contributed by atoms with van der Waals surface area (Å²) < 4.78 is 12.0. The normalized spacial score (nSPS) is 16.8. The van der Waals surface area contributed by atoms with Gasteiger partial charge in [-0.25, -0.2) is 15.0 Å². The number of benzene rings is 1. The first-order valence-corrected chi connectivity index (χ1v) is 12.7. The third kappa shape index (κ3) is 5.15. The molecular formula is C27H34N6O3. The molecule has 2 fully saturated rings. The Morgan fingerprint density at radius 1 is 1.03 bits per heavy atom. The monoisotopic (exact) mass is 490 g/mol. The quantitative estimate of drug-likeness (QED) is 0.521. The summed E-state index contributed by atoms with van der Waals surface area (Å²) in [6, 6.07) is 7.76. The van der Waals surface area contributed by atoms with Gasteiger partial charge in [-0.05, 0) is 31.0 Å². The van der Waals surface area contributed by atoms with Crippen LogP contribution in [0.15, 0.2) is 36.8 Å². The zero-order valence-corrected chi connectivity index (χ0v) is 21.2. The molecule has 3 heterocycles. The number of ether oxygens (including phenoxy) is 2. The van der Waals surface area contributed by atoms with Gasteiger partial charge in [-0.15, -0.1) is 0 Å². The molecule has 2 aliphatic rings. The van der Waals surface area contributed by atoms with Crippen LogP contribution >= 0.6 is 0 Å². The standard InChI is InChI=1S/C27H34N6O3/c1-32(2)25-15-21-22(16-28-25)29-17-30-26(21)31-19-8-9-23(24(14-19)35-3)36-20-10-12-33(13-11-20)27(34)18-6-4-5-7-18/h8-9,14-18,20H,4-7,10-13H2,1-3H3,(H,29,30,31). The Morgan fingerprint density at radius 3 is 2.53 bits per heavy atom. The molecule has 2 aromatic heterocycles. The summed E-state index contributed by atoms with van der Waals surface area (Å²) in [4.78, 5) is 29.9. The number of piperidine rings is 1. The van der Waals surface area contributed by atoms with E-state index in [1.54, 1.807) is 13.3 Å². The summed E-state index contributed by atoms with van der Waals surface area (Å²) in [6.07, 6.45) is 9.46. The van der Waals surface area contributed by atoms with Crippen LogP contribution < -0.4 is 19.7 Å². The van der Waals surface area contributed by atoms with Gasteiger partial charge >= 0.3 is 0 Å². The second kappa shape index (κ2) is 10.6. The summed E-state index contributed by atoms with van der Waals surface area (Å²) in [5.41, 5.74) is 1.60. The smallest absolute Gasteiger partial charge is 0.225 e. The summed E-state index contributed by atoms with van der Waals surface area (Å²) in [5, 5.41) is 4.27. The Bertz CT molecular complexity index is 1220. The number of carbonyl (C=O) groups is 1. The molecule has 1 aromatic carbocycles. The van der Waals surface area contributed by atoms with Crippen LogP contribution in [-0.2, 0) is 4.79 Å². The fourth-order valence-electron chi connectivity index (χ4n) is 5.08. The predicted octanol–water partition coefficient (Wildman–Crippen LogP) is 4.40. The van der Waals surface area contributed by atoms with Crippen LogP contribution in [0.3, 0.4) is 0 Å². The maximum atomic E-state index is 12.7. The number of nitrogens with one attached hydrogen (secondary N) is 1. The molecule has 1 N–H and O–H groups in total. The number of hydrogen-bond donors (Lipinski definition) is 1. The minimum absolute atomic E-state index is 0.0631. The van der Waals surface area contributed by atoms with E-state index >= 15 is 0 Å². The molecule has 1 aliphatic heterocycles. The highest BCUT2D eigenvalue weighted by atomic mass is 16.5. The van der Waals surface area contributed by atoms with Crippen LogP contribution in [0.25, 0.3) is 10.9 Å². The van der Waals surface area contributed by atoms with Gasteiger partial charge in [0, 0.05) is 63.1 Å². The lowest BCUT2D eigenvalue weighted by Gasteiger charge is -2.34. The van der Waals surface area contributed by atoms with E-state index in [-0.39, 0.29) is 12.0 Å². The second-order valence-electron chi connectivity index (χ2n) is 9.79. The zero-order chi connectivity index (χ0) is 25.1. The van der Waals surface area contributed by atoms with Crippen molar-refractivity contribution in [1.29, 1.82) is 0 Å². The third-order valence-electron chi connectivity index (χ3n) is 7.14. The summed E-state index contributed by atoms with van der Waals surface area (Å²) in [7, 11) is 5.54. The van der Waals surface area contributed by atoms with E-state index in [4.69, 9.17) is 9.47 Å². The van der Waals surface area contributed by atoms with Gasteiger partial charge in [-0.2, -0.15) is 0 Å². The summed E-state index contributed by atoms with van der Waals surface area (Å²) in [5.74, 6) is 3.46. The van der Waals surface area contributed by atoms with Crippen molar-refractivity contribution >= 4 is 34.1 Å². The summed E-state index contributed by atoms with van der Waals surface area (Å²) in [6.45, 7) is 1.51. The van der Waals surface area contributed by atoms with Gasteiger partial charge in [0.25, 0.3) is 0 Å². The highest BCUT2D eigenvalue weighted by molar-refractivity contribution is 5.91. The lowest BCUT2D eigenvalue weighted by atomic mass is 10.0. The van der Waals surface area contributed by atoms with Crippen LogP contribution in [0.1, 0.15) is 38.5 Å². The molecule has 3 aromatic rings. The Hall–Kier alpha value is -3.62. The van der Waals surface area contributed by atoms with Crippen molar-refractivity contribution in [3.8, 4) is 11.5 Å². The van der Waals surface area contributed by atoms with Crippen molar-refractivity contribution < 1.29 is 14.3 Å². The highest BCUT2D eigenvalue weighted by Gasteiger charge is 2.30. The minimum atomic E-state index is 0.0631. The first-order chi connectivity index (χ1) is 17.5. The first kappa shape index (κ1) is 24.1. The van der Waals surface area contributed by atoms with Gasteiger partial charge in [-0.1, -0.05) is 12.8 Å². The molecule has 190 valence electrons. The molecule has 0 bridgehead atoms. The van der Waals surface area contributed by atoms with Crippen LogP contribution in [0.4, 0.5) is 17.3 Å². The molecule has 9 nitrogen and oxygen atoms in total. The number of likely N-dealkylation sites (tertiary alicyclic amines) is 1. The van der Waals surface area contributed by atoms with Crippen molar-refractivity contribution in [2.45, 2.75) is 44.6 Å². The zero-order valence-electron chi connectivity index (χ0n) is 21.2. The molecule has 5 rings (SSSR count). The fourth-order valence-corrected chi connectivity index (χ4v) is 5.08. The summed E-state index contributed by atoms with van der Waals surface area (Å²) >= 11 is 0. The number of pyridine rings is 1. The van der Waals surface area contributed by atoms with Gasteiger partial charge in [-0.3, -0.25) is 4.79 Å². The van der Waals surface area contributed by atoms with E-state index in [1.165, 1.54) is 19.2 Å². The van der Waals surface area contributed by atoms with E-state index < -0.39 is 0 Å². The Labute approximate surface area is 211 Å².